The highest BCUT2D eigenvalue weighted by molar-refractivity contribution is 14.1. The standard InChI is InChI=1S/C28H27N5O3.C14H13IN2O.C14H13N5O.C14H14O2.C10H10O.C8H9BrO.C7H8IN.C7H8O/c1-18(2)28(35)36-14-13-21-6-8-22(9-7-21)26-17-33(32-31-26)23-10-11-24(20(4)16-23)29-30-25-15-19(3)5-12-27(25)34;1-9-3-6-14(18)13(7-9)17-16-12-5-4-11(15)8-10(12)2;1-9-3-6-14(20)13(7-9)18-17-12-5-4-11(16-19-15)8-10(12)2;1-4-12-5-7-13(8-6-12)9-10-16-14(15)11(2)3;1-2-9-3-5-10(6-4-9)7-8-11;9-8-3-1-7(2-4-8)5-6-10;1-5-4-6(8)2-3-7(5)9;1-6-2-4-7(8)5-3-6/h5-12,15-17,34H,1,13-14H2,2-4H3;3-8,18H,1-2H3;3-8,20H,1-2H3;1,5-8H,2,9-10H2,3H3;1,3-6,11H,7-8H2;1-4,10H,5-6H2;2-4H,9H2,1H3;2-5,8H,1H3. The summed E-state index contributed by atoms with van der Waals surface area (Å²) in [7, 11) is 0. The van der Waals surface area contributed by atoms with Crippen molar-refractivity contribution < 1.29 is 49.7 Å². The number of aryl methyl sites for hydroxylation is 8. The molecule has 0 saturated carbocycles. The molecule has 0 saturated heterocycles. The number of aromatic nitrogens is 3. The van der Waals surface area contributed by atoms with Gasteiger partial charge in [0.2, 0.25) is 0 Å². The Morgan fingerprint density at radius 3 is 1.23 bits per heavy atom. The predicted octanol–water partition coefficient (Wildman–Crippen LogP) is 26.1. The summed E-state index contributed by atoms with van der Waals surface area (Å²) < 4.78 is 15.3. The van der Waals surface area contributed by atoms with Crippen LogP contribution in [-0.2, 0) is 44.7 Å². The molecule has 12 aromatic carbocycles. The van der Waals surface area contributed by atoms with Crippen molar-refractivity contribution in [1.29, 1.82) is 0 Å². The monoisotopic (exact) mass is 2000 g/mol. The van der Waals surface area contributed by atoms with Gasteiger partial charge in [0.1, 0.15) is 45.8 Å². The fourth-order valence-electron chi connectivity index (χ4n) is 10.7. The molecule has 0 aliphatic heterocycles. The van der Waals surface area contributed by atoms with Gasteiger partial charge in [-0.3, -0.25) is 0 Å². The molecule has 26 heteroatoms. The Morgan fingerprint density at radius 1 is 0.469 bits per heavy atom. The van der Waals surface area contributed by atoms with Crippen LogP contribution in [0.1, 0.15) is 91.7 Å². The number of carbonyl (C=O) groups excluding carboxylic acids is 2. The van der Waals surface area contributed by atoms with Gasteiger partial charge in [-0.15, -0.1) is 33.3 Å². The average molecular weight is 2000 g/mol. The molecule has 0 fully saturated rings. The first kappa shape index (κ1) is 103. The van der Waals surface area contributed by atoms with Gasteiger partial charge in [-0.1, -0.05) is 154 Å². The normalized spacial score (nSPS) is 10.3. The molecule has 13 aromatic rings. The summed E-state index contributed by atoms with van der Waals surface area (Å²) in [5, 5.41) is 92.3. The highest BCUT2D eigenvalue weighted by Gasteiger charge is 2.12. The number of phenolic OH excluding ortho intramolecular Hbond substituents is 4. The van der Waals surface area contributed by atoms with Crippen molar-refractivity contribution in [2.24, 2.45) is 35.8 Å². The first-order valence-electron chi connectivity index (χ1n) is 40.0. The molecule has 23 nitrogen and oxygen atoms in total. The van der Waals surface area contributed by atoms with E-state index < -0.39 is 0 Å². The second-order valence-electron chi connectivity index (χ2n) is 28.8. The van der Waals surface area contributed by atoms with Gasteiger partial charge in [0.15, 0.2) is 0 Å². The molecule has 0 spiro atoms. The van der Waals surface area contributed by atoms with Gasteiger partial charge in [-0.25, -0.2) is 14.3 Å². The number of benzene rings is 12. The Hall–Kier alpha value is -13.7. The predicted molar refractivity (Wildman–Crippen MR) is 531 cm³/mol. The maximum atomic E-state index is 11.5. The van der Waals surface area contributed by atoms with E-state index in [1.807, 2.05) is 231 Å². The largest absolute Gasteiger partial charge is 0.508 e. The number of phenols is 4. The van der Waals surface area contributed by atoms with E-state index in [9.17, 15) is 24.9 Å². The highest BCUT2D eigenvalue weighted by Crippen LogP contribution is 2.35. The van der Waals surface area contributed by atoms with Crippen LogP contribution < -0.4 is 5.73 Å². The molecule has 0 unspecified atom stereocenters. The third-order valence-corrected chi connectivity index (χ3v) is 19.9. The van der Waals surface area contributed by atoms with E-state index in [4.69, 9.17) is 48.9 Å². The Bertz CT molecular complexity index is 6060. The first-order valence-corrected chi connectivity index (χ1v) is 42.9. The number of terminal acetylenes is 2. The summed E-state index contributed by atoms with van der Waals surface area (Å²) in [6.07, 6.45) is 15.0. The number of aromatic hydroxyl groups is 4. The van der Waals surface area contributed by atoms with E-state index in [0.717, 1.165) is 106 Å². The molecule has 0 amide bonds. The van der Waals surface area contributed by atoms with Crippen LogP contribution in [0.5, 0.6) is 23.0 Å². The lowest BCUT2D eigenvalue weighted by Crippen LogP contribution is -2.07. The van der Waals surface area contributed by atoms with Crippen molar-refractivity contribution in [3.8, 4) is 64.6 Å². The minimum absolute atomic E-state index is 0.0858. The molecule has 1 aromatic heterocycles. The maximum absolute atomic E-state index is 11.5. The first-order chi connectivity index (χ1) is 61.3. The number of nitrogens with zero attached hydrogens (tertiary/aromatic N) is 12. The molecule has 0 aliphatic rings. The molecule has 8 N–H and O–H groups in total. The van der Waals surface area contributed by atoms with E-state index in [-0.39, 0.29) is 42.4 Å². The Labute approximate surface area is 783 Å². The molecule has 0 radical (unpaired) electrons. The number of esters is 2. The minimum atomic E-state index is -0.375. The lowest BCUT2D eigenvalue weighted by molar-refractivity contribution is -0.139. The molecule has 1 heterocycles. The van der Waals surface area contributed by atoms with Crippen molar-refractivity contribution in [2.75, 3.05) is 32.2 Å². The van der Waals surface area contributed by atoms with Gasteiger partial charge in [0, 0.05) is 81.8 Å². The fraction of sp³-hybridized carbons (Fsp3) is 0.176. The number of rotatable bonds is 21. The van der Waals surface area contributed by atoms with E-state index >= 15 is 0 Å². The number of nitrogens with two attached hydrogens (primary N) is 1. The molecule has 13 rings (SSSR count). The number of ether oxygens (including phenoxy) is 2. The van der Waals surface area contributed by atoms with Gasteiger partial charge in [0.25, 0.3) is 0 Å². The second-order valence-corrected chi connectivity index (χ2v) is 32.2. The van der Waals surface area contributed by atoms with Gasteiger partial charge >= 0.3 is 11.9 Å². The lowest BCUT2D eigenvalue weighted by Gasteiger charge is -2.05. The molecule has 0 bridgehead atoms. The summed E-state index contributed by atoms with van der Waals surface area (Å²) >= 11 is 7.86. The minimum Gasteiger partial charge on any atom is -0.508 e. The van der Waals surface area contributed by atoms with Crippen LogP contribution in [0.3, 0.4) is 0 Å². The van der Waals surface area contributed by atoms with Crippen molar-refractivity contribution in [2.45, 2.75) is 94.9 Å². The number of aliphatic hydroxyl groups excluding tert-OH is 2. The lowest BCUT2D eigenvalue weighted by atomic mass is 10.1. The van der Waals surface area contributed by atoms with Crippen molar-refractivity contribution in [3.05, 3.63) is 379 Å². The van der Waals surface area contributed by atoms with Crippen molar-refractivity contribution >= 4 is 119 Å². The number of azo groups is 3. The van der Waals surface area contributed by atoms with Crippen molar-refractivity contribution in [3.63, 3.8) is 0 Å². The molecule has 128 heavy (non-hydrogen) atoms. The third kappa shape index (κ3) is 37.6. The van der Waals surface area contributed by atoms with Crippen LogP contribution in [-0.4, -0.2) is 84.0 Å². The zero-order valence-corrected chi connectivity index (χ0v) is 78.8. The van der Waals surface area contributed by atoms with E-state index in [2.05, 4.69) is 143 Å². The summed E-state index contributed by atoms with van der Waals surface area (Å²) in [6.45, 7) is 27.0. The summed E-state index contributed by atoms with van der Waals surface area (Å²) in [5.74, 6) is 5.01. The average Bonchev–Trinajstić information content (AvgIpc) is 1.63. The van der Waals surface area contributed by atoms with Crippen molar-refractivity contribution in [1.82, 2.24) is 15.0 Å². The van der Waals surface area contributed by atoms with E-state index in [0.29, 0.717) is 83.5 Å². The highest BCUT2D eigenvalue weighted by atomic mass is 127. The topological polar surface area (TPSA) is 354 Å². The molecular formula is C102H102BrI2N13O10. The molecule has 0 atom stereocenters. The maximum Gasteiger partial charge on any atom is 0.333 e. The Morgan fingerprint density at radius 2 is 0.844 bits per heavy atom. The number of anilines is 1. The zero-order valence-electron chi connectivity index (χ0n) is 72.9. The number of hydrogen-bond donors (Lipinski definition) is 7. The third-order valence-electron chi connectivity index (χ3n) is 18.0. The van der Waals surface area contributed by atoms with E-state index in [1.165, 1.54) is 18.3 Å². The Balaban J connectivity index is 0.000000238. The van der Waals surface area contributed by atoms with Crippen LogP contribution in [0.4, 0.5) is 45.5 Å². The van der Waals surface area contributed by atoms with Crippen LogP contribution in [0, 0.1) is 87.2 Å². The second kappa shape index (κ2) is 54.9. The fourth-order valence-corrected chi connectivity index (χ4v) is 12.3. The number of aliphatic hydroxyl groups is 2. The number of carbonyl (C=O) groups is 2. The SMILES string of the molecule is C#Cc1ccc(CCO)cc1.C#Cc1ccc(CCOC(=O)C(=C)C)cc1.C=C(C)C(=O)OCCc1ccc(-c2cn(-c3ccc(N=Nc4cc(C)ccc4O)c(C)c3)nn2)cc1.Cc1cc(I)ccc1N.Cc1ccc(O)c(N=Nc2ccc(I)cc2C)c1.Cc1ccc(O)c(N=Nc2ccc(N=[N+]=[N-])cc2C)c1.Cc1ccc(O)cc1.OCCc1ccc(Br)cc1. The van der Waals surface area contributed by atoms with Crippen LogP contribution in [0.15, 0.2) is 319 Å². The van der Waals surface area contributed by atoms with Gasteiger partial charge in [-0.05, 0) is 346 Å². The smallest absolute Gasteiger partial charge is 0.333 e. The van der Waals surface area contributed by atoms with Crippen LogP contribution in [0.2, 0.25) is 0 Å². The molecular weight excluding hydrogens is 1900 g/mol. The van der Waals surface area contributed by atoms with Crippen LogP contribution in [0.25, 0.3) is 27.4 Å². The number of hydrogen-bond acceptors (Lipinski definition) is 20. The summed E-state index contributed by atoms with van der Waals surface area (Å²) in [6, 6.07) is 76.6. The number of halogens is 3. The summed E-state index contributed by atoms with van der Waals surface area (Å²) in [4.78, 5) is 25.3. The number of azide groups is 1. The van der Waals surface area contributed by atoms with E-state index in [1.54, 1.807) is 91.3 Å². The molecule has 656 valence electrons. The van der Waals surface area contributed by atoms with Gasteiger partial charge in [0.05, 0.1) is 42.2 Å². The quantitative estimate of drug-likeness (QED) is 0.00515. The summed E-state index contributed by atoms with van der Waals surface area (Å²) in [5.41, 5.74) is 36.6. The van der Waals surface area contributed by atoms with Gasteiger partial charge < -0.3 is 45.8 Å². The van der Waals surface area contributed by atoms with Gasteiger partial charge in [-0.2, -0.15) is 15.3 Å². The van der Waals surface area contributed by atoms with Crippen LogP contribution >= 0.6 is 61.1 Å². The zero-order chi connectivity index (χ0) is 93.6. The Kier molecular flexibility index (Phi) is 44.2. The number of nitrogen functional groups attached to an aromatic ring is 1. The molecule has 0 aliphatic carbocycles.